The summed E-state index contributed by atoms with van der Waals surface area (Å²) in [6.45, 7) is 1.40. The molecule has 2 heterocycles. The molecule has 6 nitrogen and oxygen atoms in total. The Morgan fingerprint density at radius 1 is 1.46 bits per heavy atom. The first-order valence-electron chi connectivity index (χ1n) is 8.24. The molecule has 2 N–H and O–H groups in total. The van der Waals surface area contributed by atoms with Gasteiger partial charge in [0.2, 0.25) is 5.91 Å². The number of rotatable bonds is 4. The van der Waals surface area contributed by atoms with Gasteiger partial charge in [0.05, 0.1) is 25.1 Å². The van der Waals surface area contributed by atoms with Crippen molar-refractivity contribution in [2.75, 3.05) is 25.6 Å². The number of quaternary nitrogens is 1. The number of ether oxygens (including phenoxy) is 2. The molecule has 2 aliphatic heterocycles. The number of amides is 1. The third-order valence-electron chi connectivity index (χ3n) is 4.78. The number of cyclic esters (lactones) is 1. The predicted octanol–water partition coefficient (Wildman–Crippen LogP) is 1.04. The number of carbonyl (C=O) groups is 2. The standard InChI is InChI=1S/C17H21ClN2O4/c1-23-15-6-5-11(8-13(15)18)19-16(21)9-14-17(22)24-10-12-4-2-3-7-20(12)14/h5-6,8,12,14H,2-4,7,9-10H2,1H3,(H,19,21)/p+1/t12-,14-/m0/s1. The quantitative estimate of drug-likeness (QED) is 0.794. The Bertz CT molecular complexity index is 637. The lowest BCUT2D eigenvalue weighted by atomic mass is 9.97. The van der Waals surface area contributed by atoms with Crippen LogP contribution in [0.15, 0.2) is 18.2 Å². The Kier molecular flexibility index (Phi) is 5.26. The summed E-state index contributed by atoms with van der Waals surface area (Å²) in [5, 5.41) is 3.22. The van der Waals surface area contributed by atoms with Gasteiger partial charge >= 0.3 is 5.97 Å². The third-order valence-corrected chi connectivity index (χ3v) is 5.07. The summed E-state index contributed by atoms with van der Waals surface area (Å²) in [5.74, 6) is 0.0640. The molecule has 7 heteroatoms. The molecule has 0 aromatic heterocycles. The Hall–Kier alpha value is -1.79. The van der Waals surface area contributed by atoms with Crippen molar-refractivity contribution < 1.29 is 24.0 Å². The van der Waals surface area contributed by atoms with Crippen LogP contribution < -0.4 is 15.0 Å². The monoisotopic (exact) mass is 353 g/mol. The van der Waals surface area contributed by atoms with Crippen molar-refractivity contribution in [3.05, 3.63) is 23.2 Å². The van der Waals surface area contributed by atoms with E-state index < -0.39 is 6.04 Å². The number of methoxy groups -OCH3 is 1. The van der Waals surface area contributed by atoms with Gasteiger partial charge in [0.25, 0.3) is 0 Å². The minimum Gasteiger partial charge on any atom is -0.495 e. The smallest absolute Gasteiger partial charge is 0.365 e. The van der Waals surface area contributed by atoms with Crippen molar-refractivity contribution in [3.63, 3.8) is 0 Å². The number of morpholine rings is 1. The number of nitrogens with one attached hydrogen (secondary N) is 2. The van der Waals surface area contributed by atoms with E-state index in [0.29, 0.717) is 29.1 Å². The van der Waals surface area contributed by atoms with Crippen LogP contribution in [0.4, 0.5) is 5.69 Å². The summed E-state index contributed by atoms with van der Waals surface area (Å²) in [6, 6.07) is 4.95. The van der Waals surface area contributed by atoms with E-state index in [9.17, 15) is 9.59 Å². The van der Waals surface area contributed by atoms with Gasteiger partial charge in [-0.3, -0.25) is 4.79 Å². The molecule has 0 spiro atoms. The van der Waals surface area contributed by atoms with Gasteiger partial charge in [-0.2, -0.15) is 0 Å². The maximum Gasteiger partial charge on any atom is 0.365 e. The van der Waals surface area contributed by atoms with Crippen molar-refractivity contribution >= 4 is 29.2 Å². The Labute approximate surface area is 146 Å². The van der Waals surface area contributed by atoms with Crippen LogP contribution in [0.3, 0.4) is 0 Å². The van der Waals surface area contributed by atoms with Gasteiger partial charge in [-0.25, -0.2) is 4.79 Å². The molecular weight excluding hydrogens is 332 g/mol. The highest BCUT2D eigenvalue weighted by Gasteiger charge is 2.43. The van der Waals surface area contributed by atoms with Crippen LogP contribution in [0.1, 0.15) is 25.7 Å². The number of carbonyl (C=O) groups excluding carboxylic acids is 2. The number of halogens is 1. The molecule has 2 aliphatic rings. The summed E-state index contributed by atoms with van der Waals surface area (Å²) in [5.41, 5.74) is 0.583. The zero-order chi connectivity index (χ0) is 17.1. The van der Waals surface area contributed by atoms with Gasteiger partial charge in [0.1, 0.15) is 18.4 Å². The van der Waals surface area contributed by atoms with E-state index >= 15 is 0 Å². The Balaban J connectivity index is 1.64. The molecule has 24 heavy (non-hydrogen) atoms. The topological polar surface area (TPSA) is 69.1 Å². The number of fused-ring (bicyclic) bond motifs is 1. The molecule has 1 amide bonds. The minimum absolute atomic E-state index is 0.119. The van der Waals surface area contributed by atoms with Crippen LogP contribution in [0, 0.1) is 0 Å². The highest BCUT2D eigenvalue weighted by atomic mass is 35.5. The largest absolute Gasteiger partial charge is 0.495 e. The second-order valence-electron chi connectivity index (χ2n) is 6.30. The number of esters is 1. The van der Waals surface area contributed by atoms with E-state index in [-0.39, 0.29) is 18.3 Å². The summed E-state index contributed by atoms with van der Waals surface area (Å²) in [7, 11) is 1.53. The molecule has 0 radical (unpaired) electrons. The summed E-state index contributed by atoms with van der Waals surface area (Å²) < 4.78 is 10.4. The van der Waals surface area contributed by atoms with Crippen molar-refractivity contribution in [3.8, 4) is 5.75 Å². The number of piperidine rings is 1. The van der Waals surface area contributed by atoms with Crippen LogP contribution in [0.5, 0.6) is 5.75 Å². The molecule has 3 atom stereocenters. The van der Waals surface area contributed by atoms with Crippen molar-refractivity contribution in [2.24, 2.45) is 0 Å². The number of hydrogen-bond donors (Lipinski definition) is 2. The molecule has 1 aromatic carbocycles. The van der Waals surface area contributed by atoms with Gasteiger partial charge in [0.15, 0.2) is 6.04 Å². The zero-order valence-electron chi connectivity index (χ0n) is 13.6. The second kappa shape index (κ2) is 7.40. The molecule has 0 bridgehead atoms. The third kappa shape index (κ3) is 3.65. The molecule has 2 saturated heterocycles. The Morgan fingerprint density at radius 3 is 3.04 bits per heavy atom. The fourth-order valence-corrected chi connectivity index (χ4v) is 3.81. The predicted molar refractivity (Wildman–Crippen MR) is 89.5 cm³/mol. The van der Waals surface area contributed by atoms with Crippen molar-refractivity contribution in [1.29, 1.82) is 0 Å². The van der Waals surface area contributed by atoms with Crippen LogP contribution >= 0.6 is 11.6 Å². The van der Waals surface area contributed by atoms with Gasteiger partial charge in [0, 0.05) is 12.1 Å². The van der Waals surface area contributed by atoms with E-state index in [4.69, 9.17) is 21.1 Å². The highest BCUT2D eigenvalue weighted by molar-refractivity contribution is 6.32. The van der Waals surface area contributed by atoms with Gasteiger partial charge in [-0.1, -0.05) is 11.6 Å². The van der Waals surface area contributed by atoms with E-state index in [1.165, 1.54) is 12.0 Å². The molecule has 1 unspecified atom stereocenters. The lowest BCUT2D eigenvalue weighted by Gasteiger charge is -2.40. The fourth-order valence-electron chi connectivity index (χ4n) is 3.55. The van der Waals surface area contributed by atoms with Crippen LogP contribution in [0.25, 0.3) is 0 Å². The SMILES string of the molecule is COc1ccc(NC(=O)C[C@H]2C(=O)OC[C@@H]3CCCC[NH+]32)cc1Cl. The van der Waals surface area contributed by atoms with Crippen LogP contribution in [-0.2, 0) is 14.3 Å². The number of anilines is 1. The Morgan fingerprint density at radius 2 is 2.29 bits per heavy atom. The summed E-state index contributed by atoms with van der Waals surface area (Å²) >= 11 is 6.06. The average molecular weight is 354 g/mol. The van der Waals surface area contributed by atoms with Crippen molar-refractivity contribution in [1.82, 2.24) is 0 Å². The molecule has 1 aromatic rings. The molecule has 3 rings (SSSR count). The second-order valence-corrected chi connectivity index (χ2v) is 6.71. The maximum atomic E-state index is 12.4. The van der Waals surface area contributed by atoms with E-state index in [1.807, 2.05) is 0 Å². The highest BCUT2D eigenvalue weighted by Crippen LogP contribution is 2.27. The maximum absolute atomic E-state index is 12.4. The first-order chi connectivity index (χ1) is 11.6. The molecular formula is C17H22ClN2O4+. The first kappa shape index (κ1) is 17.0. The number of benzene rings is 1. The minimum atomic E-state index is -0.419. The first-order valence-corrected chi connectivity index (χ1v) is 8.62. The van der Waals surface area contributed by atoms with E-state index in [1.54, 1.807) is 18.2 Å². The summed E-state index contributed by atoms with van der Waals surface area (Å²) in [6.07, 6.45) is 3.42. The summed E-state index contributed by atoms with van der Waals surface area (Å²) in [4.78, 5) is 25.7. The van der Waals surface area contributed by atoms with Gasteiger partial charge in [-0.05, 0) is 31.0 Å². The van der Waals surface area contributed by atoms with Gasteiger partial charge < -0.3 is 19.7 Å². The fraction of sp³-hybridized carbons (Fsp3) is 0.529. The lowest BCUT2D eigenvalue weighted by molar-refractivity contribution is -0.951. The average Bonchev–Trinajstić information content (AvgIpc) is 2.58. The van der Waals surface area contributed by atoms with Crippen LogP contribution in [-0.4, -0.2) is 44.2 Å². The molecule has 0 aliphatic carbocycles. The van der Waals surface area contributed by atoms with E-state index in [0.717, 1.165) is 25.8 Å². The lowest BCUT2D eigenvalue weighted by Crippen LogP contribution is -3.22. The zero-order valence-corrected chi connectivity index (χ0v) is 14.4. The molecule has 130 valence electrons. The van der Waals surface area contributed by atoms with Crippen LogP contribution in [0.2, 0.25) is 5.02 Å². The van der Waals surface area contributed by atoms with E-state index in [2.05, 4.69) is 5.32 Å². The number of hydrogen-bond acceptors (Lipinski definition) is 4. The molecule has 0 saturated carbocycles. The normalized spacial score (nSPS) is 26.2. The van der Waals surface area contributed by atoms with Crippen molar-refractivity contribution in [2.45, 2.75) is 37.8 Å². The molecule has 2 fully saturated rings. The van der Waals surface area contributed by atoms with Gasteiger partial charge in [-0.15, -0.1) is 0 Å².